The Morgan fingerprint density at radius 1 is 1.31 bits per heavy atom. The number of hydrogen-bond donors (Lipinski definition) is 1. The first-order valence-corrected chi connectivity index (χ1v) is 5.83. The number of rotatable bonds is 4. The van der Waals surface area contributed by atoms with E-state index in [9.17, 15) is 8.78 Å². The summed E-state index contributed by atoms with van der Waals surface area (Å²) in [5.74, 6) is -0.921. The highest BCUT2D eigenvalue weighted by Gasteiger charge is 2.33. The molecule has 0 aliphatic heterocycles. The standard InChI is InChI=1S/C13H17F2N/c1-3-16-13(9-5-6-9)10-7-4-8(2)11(14)12(10)15/h4,7,9,13,16H,3,5-6H2,1-2H3. The van der Waals surface area contributed by atoms with Crippen molar-refractivity contribution in [3.05, 3.63) is 34.9 Å². The van der Waals surface area contributed by atoms with Gasteiger partial charge in [0.2, 0.25) is 0 Å². The third-order valence-electron chi connectivity index (χ3n) is 3.16. The van der Waals surface area contributed by atoms with Crippen molar-refractivity contribution < 1.29 is 8.78 Å². The molecule has 16 heavy (non-hydrogen) atoms. The molecule has 3 heteroatoms. The van der Waals surface area contributed by atoms with Crippen LogP contribution in [0.25, 0.3) is 0 Å². The molecule has 1 unspecified atom stereocenters. The lowest BCUT2D eigenvalue weighted by Gasteiger charge is -2.19. The molecule has 1 fully saturated rings. The normalized spacial score (nSPS) is 17.5. The molecule has 0 heterocycles. The molecule has 1 nitrogen and oxygen atoms in total. The SMILES string of the molecule is CCNC(c1ccc(C)c(F)c1F)C1CC1. The van der Waals surface area contributed by atoms with Crippen LogP contribution < -0.4 is 5.32 Å². The second-order valence-corrected chi connectivity index (χ2v) is 4.47. The lowest BCUT2D eigenvalue weighted by Crippen LogP contribution is -2.24. The van der Waals surface area contributed by atoms with Crippen LogP contribution in [0.1, 0.15) is 36.9 Å². The zero-order valence-corrected chi connectivity index (χ0v) is 9.69. The summed E-state index contributed by atoms with van der Waals surface area (Å²) in [5, 5.41) is 3.24. The minimum atomic E-state index is -0.707. The third kappa shape index (κ3) is 2.09. The average molecular weight is 225 g/mol. The summed E-state index contributed by atoms with van der Waals surface area (Å²) >= 11 is 0. The topological polar surface area (TPSA) is 12.0 Å². The van der Waals surface area contributed by atoms with Crippen molar-refractivity contribution in [1.29, 1.82) is 0 Å². The van der Waals surface area contributed by atoms with Crippen molar-refractivity contribution >= 4 is 0 Å². The minimum absolute atomic E-state index is 0.0277. The third-order valence-corrected chi connectivity index (χ3v) is 3.16. The predicted octanol–water partition coefficient (Wildman–Crippen LogP) is 3.33. The van der Waals surface area contributed by atoms with E-state index in [0.717, 1.165) is 19.4 Å². The Hall–Kier alpha value is -0.960. The summed E-state index contributed by atoms with van der Waals surface area (Å²) in [7, 11) is 0. The minimum Gasteiger partial charge on any atom is -0.310 e. The summed E-state index contributed by atoms with van der Waals surface area (Å²) in [6.07, 6.45) is 2.21. The molecule has 0 radical (unpaired) electrons. The molecule has 0 saturated heterocycles. The number of benzene rings is 1. The van der Waals surface area contributed by atoms with Crippen molar-refractivity contribution in [2.75, 3.05) is 6.54 Å². The van der Waals surface area contributed by atoms with Gasteiger partial charge in [-0.25, -0.2) is 8.78 Å². The Morgan fingerprint density at radius 2 is 2.00 bits per heavy atom. The Bertz CT molecular complexity index is 386. The van der Waals surface area contributed by atoms with Gasteiger partial charge in [-0.3, -0.25) is 0 Å². The van der Waals surface area contributed by atoms with Gasteiger partial charge in [-0.15, -0.1) is 0 Å². The van der Waals surface area contributed by atoms with Gasteiger partial charge in [-0.1, -0.05) is 19.1 Å². The molecule has 1 aromatic carbocycles. The number of aryl methyl sites for hydroxylation is 1. The van der Waals surface area contributed by atoms with Gasteiger partial charge in [0.05, 0.1) is 0 Å². The van der Waals surface area contributed by atoms with E-state index in [2.05, 4.69) is 5.32 Å². The summed E-state index contributed by atoms with van der Waals surface area (Å²) < 4.78 is 27.3. The van der Waals surface area contributed by atoms with Gasteiger partial charge in [-0.2, -0.15) is 0 Å². The first kappa shape index (κ1) is 11.5. The zero-order chi connectivity index (χ0) is 11.7. The molecule has 1 aromatic rings. The molecule has 1 N–H and O–H groups in total. The van der Waals surface area contributed by atoms with Crippen LogP contribution in [0.2, 0.25) is 0 Å². The maximum absolute atomic E-state index is 13.8. The first-order valence-electron chi connectivity index (χ1n) is 5.83. The molecule has 1 atom stereocenters. The molecule has 0 bridgehead atoms. The van der Waals surface area contributed by atoms with Gasteiger partial charge < -0.3 is 5.32 Å². The maximum Gasteiger partial charge on any atom is 0.163 e. The smallest absolute Gasteiger partial charge is 0.163 e. The van der Waals surface area contributed by atoms with Crippen molar-refractivity contribution in [1.82, 2.24) is 5.32 Å². The van der Waals surface area contributed by atoms with Gasteiger partial charge in [-0.05, 0) is 37.8 Å². The van der Waals surface area contributed by atoms with Crippen LogP contribution in [-0.2, 0) is 0 Å². The molecule has 0 amide bonds. The van der Waals surface area contributed by atoms with E-state index in [0.29, 0.717) is 17.0 Å². The summed E-state index contributed by atoms with van der Waals surface area (Å²) in [4.78, 5) is 0. The van der Waals surface area contributed by atoms with Crippen LogP contribution in [0.3, 0.4) is 0 Å². The van der Waals surface area contributed by atoms with Crippen molar-refractivity contribution in [3.8, 4) is 0 Å². The van der Waals surface area contributed by atoms with Gasteiger partial charge >= 0.3 is 0 Å². The van der Waals surface area contributed by atoms with Crippen LogP contribution >= 0.6 is 0 Å². The molecule has 1 saturated carbocycles. The highest BCUT2D eigenvalue weighted by molar-refractivity contribution is 5.29. The van der Waals surface area contributed by atoms with E-state index < -0.39 is 11.6 Å². The van der Waals surface area contributed by atoms with E-state index in [1.807, 2.05) is 6.92 Å². The van der Waals surface area contributed by atoms with Crippen LogP contribution in [0.15, 0.2) is 12.1 Å². The Morgan fingerprint density at radius 3 is 2.56 bits per heavy atom. The summed E-state index contributed by atoms with van der Waals surface area (Å²) in [6.45, 7) is 4.34. The largest absolute Gasteiger partial charge is 0.310 e. The van der Waals surface area contributed by atoms with Crippen molar-refractivity contribution in [2.45, 2.75) is 32.7 Å². The van der Waals surface area contributed by atoms with Crippen molar-refractivity contribution in [3.63, 3.8) is 0 Å². The Kier molecular flexibility index (Phi) is 3.24. The maximum atomic E-state index is 13.8. The quantitative estimate of drug-likeness (QED) is 0.828. The van der Waals surface area contributed by atoms with Crippen LogP contribution in [0, 0.1) is 24.5 Å². The molecule has 1 aliphatic carbocycles. The van der Waals surface area contributed by atoms with Gasteiger partial charge in [0.15, 0.2) is 11.6 Å². The molecular weight excluding hydrogens is 208 g/mol. The molecule has 88 valence electrons. The lowest BCUT2D eigenvalue weighted by molar-refractivity contribution is 0.439. The van der Waals surface area contributed by atoms with Crippen molar-refractivity contribution in [2.24, 2.45) is 5.92 Å². The lowest BCUT2D eigenvalue weighted by atomic mass is 10.00. The zero-order valence-electron chi connectivity index (χ0n) is 9.69. The van der Waals surface area contributed by atoms with Crippen LogP contribution in [0.4, 0.5) is 8.78 Å². The molecule has 0 aromatic heterocycles. The van der Waals surface area contributed by atoms with E-state index >= 15 is 0 Å². The summed E-state index contributed by atoms with van der Waals surface area (Å²) in [6, 6.07) is 3.33. The van der Waals surface area contributed by atoms with E-state index in [1.54, 1.807) is 19.1 Å². The second kappa shape index (κ2) is 4.50. The Labute approximate surface area is 94.9 Å². The molecule has 1 aliphatic rings. The highest BCUT2D eigenvalue weighted by atomic mass is 19.2. The fourth-order valence-electron chi connectivity index (χ4n) is 2.08. The Balaban J connectivity index is 2.33. The average Bonchev–Trinajstić information content (AvgIpc) is 3.08. The van der Waals surface area contributed by atoms with Crippen LogP contribution in [0.5, 0.6) is 0 Å². The van der Waals surface area contributed by atoms with E-state index in [4.69, 9.17) is 0 Å². The fraction of sp³-hybridized carbons (Fsp3) is 0.538. The first-order chi connectivity index (χ1) is 7.65. The fourth-order valence-corrected chi connectivity index (χ4v) is 2.08. The molecular formula is C13H17F2N. The van der Waals surface area contributed by atoms with E-state index in [1.165, 1.54) is 0 Å². The van der Waals surface area contributed by atoms with Gasteiger partial charge in [0.1, 0.15) is 0 Å². The van der Waals surface area contributed by atoms with E-state index in [-0.39, 0.29) is 6.04 Å². The number of nitrogens with one attached hydrogen (secondary N) is 1. The van der Waals surface area contributed by atoms with Gasteiger partial charge in [0.25, 0.3) is 0 Å². The van der Waals surface area contributed by atoms with Crippen LogP contribution in [-0.4, -0.2) is 6.54 Å². The second-order valence-electron chi connectivity index (χ2n) is 4.47. The predicted molar refractivity (Wildman–Crippen MR) is 60.2 cm³/mol. The monoisotopic (exact) mass is 225 g/mol. The molecule has 0 spiro atoms. The van der Waals surface area contributed by atoms with Gasteiger partial charge in [0, 0.05) is 11.6 Å². The number of halogens is 2. The number of hydrogen-bond acceptors (Lipinski definition) is 1. The summed E-state index contributed by atoms with van der Waals surface area (Å²) in [5.41, 5.74) is 0.847. The highest BCUT2D eigenvalue weighted by Crippen LogP contribution is 2.42. The molecule has 2 rings (SSSR count).